The Morgan fingerprint density at radius 3 is 2.96 bits per heavy atom. The zero-order chi connectivity index (χ0) is 15.6. The van der Waals surface area contributed by atoms with E-state index in [1.807, 2.05) is 24.3 Å². The highest BCUT2D eigenvalue weighted by Gasteiger charge is 2.35. The largest absolute Gasteiger partial charge is 0.339 e. The van der Waals surface area contributed by atoms with E-state index in [0.717, 1.165) is 29.9 Å². The number of nitrogens with zero attached hydrogens (tertiary/aromatic N) is 4. The third kappa shape index (κ3) is 2.96. The molecular weight excluding hydrogens is 308 g/mol. The molecule has 1 aromatic carbocycles. The average Bonchev–Trinajstić information content (AvgIpc) is 3.02. The minimum atomic E-state index is 0.256. The molecule has 1 saturated carbocycles. The van der Waals surface area contributed by atoms with E-state index in [4.69, 9.17) is 0 Å². The summed E-state index contributed by atoms with van der Waals surface area (Å²) in [7, 11) is 0. The second kappa shape index (κ2) is 6.51. The molecular formula is C17H22N4OS. The Morgan fingerprint density at radius 2 is 2.00 bits per heavy atom. The van der Waals surface area contributed by atoms with Crippen LogP contribution in [0.25, 0.3) is 11.0 Å². The Balaban J connectivity index is 1.43. The van der Waals surface area contributed by atoms with Gasteiger partial charge in [-0.15, -0.1) is 5.10 Å². The molecule has 23 heavy (non-hydrogen) atoms. The van der Waals surface area contributed by atoms with Gasteiger partial charge in [0.1, 0.15) is 11.0 Å². The van der Waals surface area contributed by atoms with Crippen LogP contribution >= 0.6 is 11.9 Å². The van der Waals surface area contributed by atoms with Crippen LogP contribution in [0.1, 0.15) is 38.5 Å². The van der Waals surface area contributed by atoms with Gasteiger partial charge in [0, 0.05) is 12.6 Å². The van der Waals surface area contributed by atoms with Crippen LogP contribution in [-0.2, 0) is 4.79 Å². The number of hydrogen-bond acceptors (Lipinski definition) is 4. The summed E-state index contributed by atoms with van der Waals surface area (Å²) in [5.41, 5.74) is 1.84. The van der Waals surface area contributed by atoms with Gasteiger partial charge in [0.15, 0.2) is 0 Å². The molecule has 0 N–H and O–H groups in total. The molecule has 2 fully saturated rings. The highest BCUT2D eigenvalue weighted by Crippen LogP contribution is 2.35. The van der Waals surface area contributed by atoms with Crippen LogP contribution in [-0.4, -0.2) is 43.5 Å². The van der Waals surface area contributed by atoms with Gasteiger partial charge in [-0.3, -0.25) is 4.79 Å². The van der Waals surface area contributed by atoms with Gasteiger partial charge in [0.2, 0.25) is 5.91 Å². The van der Waals surface area contributed by atoms with Gasteiger partial charge >= 0.3 is 0 Å². The summed E-state index contributed by atoms with van der Waals surface area (Å²) >= 11 is 1.45. The monoisotopic (exact) mass is 330 g/mol. The fourth-order valence-corrected chi connectivity index (χ4v) is 4.86. The number of benzene rings is 1. The number of likely N-dealkylation sites (tertiary alicyclic amines) is 1. The number of amides is 1. The number of piperidine rings is 1. The topological polar surface area (TPSA) is 51.0 Å². The number of para-hydroxylation sites is 1. The van der Waals surface area contributed by atoms with E-state index in [1.165, 1.54) is 44.1 Å². The molecule has 2 unspecified atom stereocenters. The van der Waals surface area contributed by atoms with Crippen LogP contribution < -0.4 is 0 Å². The number of fused-ring (bicyclic) bond motifs is 2. The maximum Gasteiger partial charge on any atom is 0.234 e. The predicted octanol–water partition coefficient (Wildman–Crippen LogP) is 3.11. The van der Waals surface area contributed by atoms with E-state index in [0.29, 0.717) is 11.8 Å². The van der Waals surface area contributed by atoms with Crippen molar-refractivity contribution in [1.82, 2.24) is 19.3 Å². The molecule has 1 aromatic heterocycles. The van der Waals surface area contributed by atoms with E-state index < -0.39 is 0 Å². The van der Waals surface area contributed by atoms with Crippen molar-refractivity contribution < 1.29 is 4.79 Å². The van der Waals surface area contributed by atoms with E-state index in [2.05, 4.69) is 15.2 Å². The summed E-state index contributed by atoms with van der Waals surface area (Å²) in [5.74, 6) is 1.43. The van der Waals surface area contributed by atoms with Crippen LogP contribution in [0.15, 0.2) is 24.3 Å². The minimum Gasteiger partial charge on any atom is -0.339 e. The lowest BCUT2D eigenvalue weighted by atomic mass is 9.78. The van der Waals surface area contributed by atoms with Gasteiger partial charge in [-0.1, -0.05) is 30.2 Å². The smallest absolute Gasteiger partial charge is 0.234 e. The Bertz CT molecular complexity index is 699. The molecule has 2 atom stereocenters. The predicted molar refractivity (Wildman–Crippen MR) is 92.1 cm³/mol. The van der Waals surface area contributed by atoms with Gasteiger partial charge in [-0.2, -0.15) is 4.09 Å². The average molecular weight is 330 g/mol. The summed E-state index contributed by atoms with van der Waals surface area (Å²) in [5, 5.41) is 8.29. The van der Waals surface area contributed by atoms with Crippen LogP contribution in [0.4, 0.5) is 0 Å². The van der Waals surface area contributed by atoms with Crippen LogP contribution in [0, 0.1) is 5.92 Å². The number of aromatic nitrogens is 3. The summed E-state index contributed by atoms with van der Waals surface area (Å²) < 4.78 is 1.77. The molecule has 1 amide bonds. The van der Waals surface area contributed by atoms with Gasteiger partial charge in [0.25, 0.3) is 0 Å². The molecule has 0 bridgehead atoms. The lowest BCUT2D eigenvalue weighted by Crippen LogP contribution is -2.50. The Morgan fingerprint density at radius 1 is 1.17 bits per heavy atom. The maximum absolute atomic E-state index is 12.7. The molecule has 6 heteroatoms. The minimum absolute atomic E-state index is 0.256. The fraction of sp³-hybridized carbons (Fsp3) is 0.588. The lowest BCUT2D eigenvalue weighted by Gasteiger charge is -2.44. The lowest BCUT2D eigenvalue weighted by molar-refractivity contribution is -0.134. The standard InChI is InChI=1S/C17H22N4OS/c22-17(20-11-5-7-13-6-1-3-9-15(13)20)12-23-21-16-10-4-2-8-14(16)18-19-21/h2,4,8,10,13,15H,1,3,5-7,9,11-12H2. The first-order chi connectivity index (χ1) is 11.3. The maximum atomic E-state index is 12.7. The van der Waals surface area contributed by atoms with Crippen LogP contribution in [0.2, 0.25) is 0 Å². The normalized spacial score (nSPS) is 24.6. The quantitative estimate of drug-likeness (QED) is 0.868. The summed E-state index contributed by atoms with van der Waals surface area (Å²) in [4.78, 5) is 14.9. The molecule has 1 saturated heterocycles. The van der Waals surface area contributed by atoms with Crippen LogP contribution in [0.5, 0.6) is 0 Å². The second-order valence-electron chi connectivity index (χ2n) is 6.57. The second-order valence-corrected chi connectivity index (χ2v) is 7.46. The molecule has 2 aromatic rings. The molecule has 1 aliphatic heterocycles. The van der Waals surface area contributed by atoms with Crippen molar-refractivity contribution in [3.63, 3.8) is 0 Å². The third-order valence-electron chi connectivity index (χ3n) is 5.20. The number of hydrogen-bond donors (Lipinski definition) is 0. The molecule has 122 valence electrons. The van der Waals surface area contributed by atoms with Crippen LogP contribution in [0.3, 0.4) is 0 Å². The van der Waals surface area contributed by atoms with Crippen molar-refractivity contribution in [2.24, 2.45) is 5.92 Å². The first-order valence-electron chi connectivity index (χ1n) is 8.56. The Hall–Kier alpha value is -1.56. The first-order valence-corrected chi connectivity index (χ1v) is 9.50. The Kier molecular flexibility index (Phi) is 4.25. The summed E-state index contributed by atoms with van der Waals surface area (Å²) in [6.45, 7) is 0.929. The van der Waals surface area contributed by atoms with Crippen molar-refractivity contribution in [1.29, 1.82) is 0 Å². The van der Waals surface area contributed by atoms with E-state index >= 15 is 0 Å². The third-order valence-corrected chi connectivity index (χ3v) is 6.09. The van der Waals surface area contributed by atoms with Gasteiger partial charge in [-0.25, -0.2) is 0 Å². The zero-order valence-electron chi connectivity index (χ0n) is 13.2. The molecule has 4 rings (SSSR count). The molecule has 0 radical (unpaired) electrons. The van der Waals surface area contributed by atoms with Gasteiger partial charge < -0.3 is 4.90 Å². The van der Waals surface area contributed by atoms with Gasteiger partial charge in [0.05, 0.1) is 5.75 Å². The van der Waals surface area contributed by atoms with E-state index in [1.54, 1.807) is 4.09 Å². The molecule has 1 aliphatic carbocycles. The number of rotatable bonds is 3. The highest BCUT2D eigenvalue weighted by atomic mass is 32.2. The highest BCUT2D eigenvalue weighted by molar-refractivity contribution is 7.98. The Labute approximate surface area is 140 Å². The van der Waals surface area contributed by atoms with Gasteiger partial charge in [-0.05, 0) is 55.7 Å². The summed E-state index contributed by atoms with van der Waals surface area (Å²) in [6.07, 6.45) is 7.55. The fourth-order valence-electron chi connectivity index (χ4n) is 4.08. The number of carbonyl (C=O) groups excluding carboxylic acids is 1. The van der Waals surface area contributed by atoms with Crippen molar-refractivity contribution in [2.75, 3.05) is 12.3 Å². The van der Waals surface area contributed by atoms with Crippen molar-refractivity contribution >= 4 is 28.9 Å². The molecule has 0 spiro atoms. The molecule has 2 heterocycles. The van der Waals surface area contributed by atoms with E-state index in [-0.39, 0.29) is 5.91 Å². The van der Waals surface area contributed by atoms with E-state index in [9.17, 15) is 4.79 Å². The summed E-state index contributed by atoms with van der Waals surface area (Å²) in [6, 6.07) is 8.34. The molecule has 5 nitrogen and oxygen atoms in total. The van der Waals surface area contributed by atoms with Crippen molar-refractivity contribution in [3.05, 3.63) is 24.3 Å². The SMILES string of the molecule is O=C(CSn1nnc2ccccc21)N1CCCC2CCCCC21. The zero-order valence-corrected chi connectivity index (χ0v) is 14.0. The molecule has 2 aliphatic rings. The van der Waals surface area contributed by atoms with Crippen molar-refractivity contribution in [3.8, 4) is 0 Å². The first kappa shape index (κ1) is 15.0. The number of carbonyl (C=O) groups is 1. The van der Waals surface area contributed by atoms with Crippen molar-refractivity contribution in [2.45, 2.75) is 44.6 Å².